The van der Waals surface area contributed by atoms with E-state index in [2.05, 4.69) is 0 Å². The summed E-state index contributed by atoms with van der Waals surface area (Å²) in [4.78, 5) is 26.0. The molecular formula is C17H9F2NO2S2. The van der Waals surface area contributed by atoms with Gasteiger partial charge in [-0.2, -0.15) is 0 Å². The number of carbonyl (C=O) groups is 2. The second-order valence-electron chi connectivity index (χ2n) is 4.88. The number of carbonyl (C=O) groups excluding carboxylic acids is 2. The van der Waals surface area contributed by atoms with Crippen molar-refractivity contribution in [2.45, 2.75) is 0 Å². The first-order chi connectivity index (χ1) is 11.5. The van der Waals surface area contributed by atoms with E-state index in [1.54, 1.807) is 6.07 Å². The molecule has 24 heavy (non-hydrogen) atoms. The van der Waals surface area contributed by atoms with Gasteiger partial charge in [-0.05, 0) is 48.0 Å². The van der Waals surface area contributed by atoms with Crippen molar-refractivity contribution in [3.05, 3.63) is 76.2 Å². The van der Waals surface area contributed by atoms with Crippen molar-refractivity contribution >= 4 is 46.2 Å². The minimum atomic E-state index is -0.625. The summed E-state index contributed by atoms with van der Waals surface area (Å²) in [7, 11) is 0. The van der Waals surface area contributed by atoms with Crippen molar-refractivity contribution in [3.8, 4) is 0 Å². The maximum Gasteiger partial charge on any atom is 0.273 e. The maximum atomic E-state index is 13.2. The summed E-state index contributed by atoms with van der Waals surface area (Å²) in [5.74, 6) is -2.12. The SMILES string of the molecule is O=C1/C(=C\c2cccc(F)c2)SC(=S)N1C(=O)c1ccc(F)cc1. The molecule has 0 spiro atoms. The van der Waals surface area contributed by atoms with Crippen LogP contribution in [-0.2, 0) is 4.79 Å². The summed E-state index contributed by atoms with van der Waals surface area (Å²) in [6.07, 6.45) is 1.47. The lowest BCUT2D eigenvalue weighted by Gasteiger charge is -2.12. The molecule has 0 unspecified atom stereocenters. The fraction of sp³-hybridized carbons (Fsp3) is 0. The molecule has 1 heterocycles. The first-order valence-corrected chi connectivity index (χ1v) is 8.01. The molecular weight excluding hydrogens is 352 g/mol. The number of hydrogen-bond donors (Lipinski definition) is 0. The quantitative estimate of drug-likeness (QED) is 0.460. The maximum absolute atomic E-state index is 13.2. The van der Waals surface area contributed by atoms with Crippen LogP contribution in [0.3, 0.4) is 0 Å². The fourth-order valence-corrected chi connectivity index (χ4v) is 3.37. The number of imide groups is 1. The second-order valence-corrected chi connectivity index (χ2v) is 6.56. The molecule has 0 bridgehead atoms. The molecule has 2 aromatic carbocycles. The lowest BCUT2D eigenvalue weighted by Crippen LogP contribution is -2.34. The molecule has 0 atom stereocenters. The van der Waals surface area contributed by atoms with Crippen molar-refractivity contribution in [2.75, 3.05) is 0 Å². The van der Waals surface area contributed by atoms with Crippen LogP contribution in [0.1, 0.15) is 15.9 Å². The lowest BCUT2D eigenvalue weighted by molar-refractivity contribution is -0.120. The number of nitrogens with zero attached hydrogens (tertiary/aromatic N) is 1. The van der Waals surface area contributed by atoms with Crippen molar-refractivity contribution in [1.82, 2.24) is 4.90 Å². The van der Waals surface area contributed by atoms with Gasteiger partial charge in [-0.25, -0.2) is 13.7 Å². The molecule has 1 saturated heterocycles. The van der Waals surface area contributed by atoms with Crippen LogP contribution in [0.2, 0.25) is 0 Å². The molecule has 0 aromatic heterocycles. The van der Waals surface area contributed by atoms with Gasteiger partial charge in [0.05, 0.1) is 4.91 Å². The molecule has 0 radical (unpaired) electrons. The molecule has 0 saturated carbocycles. The zero-order valence-electron chi connectivity index (χ0n) is 12.0. The Morgan fingerprint density at radius 1 is 1.08 bits per heavy atom. The smallest absolute Gasteiger partial charge is 0.268 e. The number of thiocarbonyl (C=S) groups is 1. The molecule has 0 N–H and O–H groups in total. The number of halogens is 2. The third-order valence-corrected chi connectivity index (χ3v) is 4.54. The van der Waals surface area contributed by atoms with Gasteiger partial charge < -0.3 is 0 Å². The average Bonchev–Trinajstić information content (AvgIpc) is 2.81. The highest BCUT2D eigenvalue weighted by Crippen LogP contribution is 2.33. The van der Waals surface area contributed by atoms with Crippen molar-refractivity contribution in [1.29, 1.82) is 0 Å². The predicted molar refractivity (Wildman–Crippen MR) is 92.1 cm³/mol. The highest BCUT2D eigenvalue weighted by Gasteiger charge is 2.37. The molecule has 2 aromatic rings. The van der Waals surface area contributed by atoms with Gasteiger partial charge in [0, 0.05) is 5.56 Å². The monoisotopic (exact) mass is 361 g/mol. The van der Waals surface area contributed by atoms with Crippen molar-refractivity contribution < 1.29 is 18.4 Å². The van der Waals surface area contributed by atoms with Gasteiger partial charge in [0.25, 0.3) is 11.8 Å². The summed E-state index contributed by atoms with van der Waals surface area (Å²) in [5.41, 5.74) is 0.643. The van der Waals surface area contributed by atoms with Crippen LogP contribution < -0.4 is 0 Å². The Hall–Kier alpha value is -2.38. The standard InChI is InChI=1S/C17H9F2NO2S2/c18-12-6-4-11(5-7-12)15(21)20-16(22)14(24-17(20)23)9-10-2-1-3-13(19)8-10/h1-9H/b14-9+. The lowest BCUT2D eigenvalue weighted by atomic mass is 10.2. The Labute approximate surface area is 146 Å². The van der Waals surface area contributed by atoms with Crippen LogP contribution in [0, 0.1) is 11.6 Å². The van der Waals surface area contributed by atoms with E-state index in [4.69, 9.17) is 12.2 Å². The zero-order chi connectivity index (χ0) is 17.3. The molecule has 1 aliphatic heterocycles. The van der Waals surface area contributed by atoms with E-state index < -0.39 is 23.4 Å². The average molecular weight is 361 g/mol. The minimum Gasteiger partial charge on any atom is -0.268 e. The third-order valence-electron chi connectivity index (χ3n) is 3.23. The fourth-order valence-electron chi connectivity index (χ4n) is 2.11. The molecule has 3 rings (SSSR count). The van der Waals surface area contributed by atoms with E-state index in [-0.39, 0.29) is 14.8 Å². The van der Waals surface area contributed by atoms with Crippen LogP contribution in [-0.4, -0.2) is 21.0 Å². The number of rotatable bonds is 2. The van der Waals surface area contributed by atoms with E-state index in [1.165, 1.54) is 36.4 Å². The van der Waals surface area contributed by atoms with E-state index in [0.29, 0.717) is 5.56 Å². The summed E-state index contributed by atoms with van der Waals surface area (Å²) in [6.45, 7) is 0. The Morgan fingerprint density at radius 2 is 1.79 bits per heavy atom. The first-order valence-electron chi connectivity index (χ1n) is 6.79. The first kappa shape index (κ1) is 16.5. The number of benzene rings is 2. The van der Waals surface area contributed by atoms with E-state index >= 15 is 0 Å². The molecule has 7 heteroatoms. The van der Waals surface area contributed by atoms with E-state index in [0.717, 1.165) is 28.8 Å². The largest absolute Gasteiger partial charge is 0.273 e. The Bertz CT molecular complexity index is 878. The van der Waals surface area contributed by atoms with Gasteiger partial charge in [-0.3, -0.25) is 9.59 Å². The second kappa shape index (κ2) is 6.62. The minimum absolute atomic E-state index is 0.0805. The van der Waals surface area contributed by atoms with Gasteiger partial charge in [0.1, 0.15) is 11.6 Å². The van der Waals surface area contributed by atoms with Gasteiger partial charge in [0.2, 0.25) is 0 Å². The summed E-state index contributed by atoms with van der Waals surface area (Å²) in [5, 5.41) is 0. The molecule has 1 fully saturated rings. The van der Waals surface area contributed by atoms with Crippen LogP contribution in [0.15, 0.2) is 53.4 Å². The number of hydrogen-bond acceptors (Lipinski definition) is 4. The Kier molecular flexibility index (Phi) is 4.55. The van der Waals surface area contributed by atoms with Crippen molar-refractivity contribution in [2.24, 2.45) is 0 Å². The molecule has 120 valence electrons. The van der Waals surface area contributed by atoms with Crippen LogP contribution in [0.4, 0.5) is 8.78 Å². The summed E-state index contributed by atoms with van der Waals surface area (Å²) in [6, 6.07) is 10.6. The van der Waals surface area contributed by atoms with Gasteiger partial charge in [-0.1, -0.05) is 36.1 Å². The third kappa shape index (κ3) is 3.27. The normalized spacial score (nSPS) is 16.1. The molecule has 2 amide bonds. The van der Waals surface area contributed by atoms with Crippen molar-refractivity contribution in [3.63, 3.8) is 0 Å². The molecule has 0 aliphatic carbocycles. The summed E-state index contributed by atoms with van der Waals surface area (Å²) < 4.78 is 26.3. The van der Waals surface area contributed by atoms with Crippen LogP contribution in [0.5, 0.6) is 0 Å². The topological polar surface area (TPSA) is 37.4 Å². The van der Waals surface area contributed by atoms with Crippen LogP contribution >= 0.6 is 24.0 Å². The summed E-state index contributed by atoms with van der Waals surface area (Å²) >= 11 is 6.06. The highest BCUT2D eigenvalue weighted by molar-refractivity contribution is 8.26. The Balaban J connectivity index is 1.89. The molecule has 3 nitrogen and oxygen atoms in total. The number of amides is 2. The van der Waals surface area contributed by atoms with E-state index in [9.17, 15) is 18.4 Å². The zero-order valence-corrected chi connectivity index (χ0v) is 13.7. The predicted octanol–water partition coefficient (Wildman–Crippen LogP) is 4.01. The highest BCUT2D eigenvalue weighted by atomic mass is 32.2. The van der Waals surface area contributed by atoms with Gasteiger partial charge in [0.15, 0.2) is 4.32 Å². The molecule has 1 aliphatic rings. The number of thioether (sulfide) groups is 1. The van der Waals surface area contributed by atoms with Gasteiger partial charge >= 0.3 is 0 Å². The van der Waals surface area contributed by atoms with Gasteiger partial charge in [-0.15, -0.1) is 0 Å². The van der Waals surface area contributed by atoms with Crippen LogP contribution in [0.25, 0.3) is 6.08 Å². The Morgan fingerprint density at radius 3 is 2.46 bits per heavy atom. The van der Waals surface area contributed by atoms with E-state index in [1.807, 2.05) is 0 Å².